The lowest BCUT2D eigenvalue weighted by molar-refractivity contribution is 0.0602. The van der Waals surface area contributed by atoms with Crippen molar-refractivity contribution in [3.05, 3.63) is 53.1 Å². The van der Waals surface area contributed by atoms with Crippen molar-refractivity contribution in [2.75, 3.05) is 18.2 Å². The molecule has 0 radical (unpaired) electrons. The number of carbonyl (C=O) groups excluding carboxylic acids is 1. The van der Waals surface area contributed by atoms with E-state index in [1.165, 1.54) is 13.2 Å². The molecule has 1 heterocycles. The molecular formula is C15H16FN3O2. The molecule has 110 valence electrons. The van der Waals surface area contributed by atoms with E-state index in [1.807, 2.05) is 25.1 Å². The van der Waals surface area contributed by atoms with Gasteiger partial charge in [-0.3, -0.25) is 4.98 Å². The summed E-state index contributed by atoms with van der Waals surface area (Å²) in [6.45, 7) is 2.21. The lowest BCUT2D eigenvalue weighted by Crippen LogP contribution is -2.09. The van der Waals surface area contributed by atoms with Gasteiger partial charge in [-0.1, -0.05) is 6.07 Å². The third-order valence-corrected chi connectivity index (χ3v) is 2.95. The highest BCUT2D eigenvalue weighted by Crippen LogP contribution is 2.23. The van der Waals surface area contributed by atoms with E-state index in [0.29, 0.717) is 6.54 Å². The summed E-state index contributed by atoms with van der Waals surface area (Å²) >= 11 is 0. The van der Waals surface area contributed by atoms with Gasteiger partial charge in [0.2, 0.25) is 0 Å². The molecule has 2 rings (SSSR count). The van der Waals surface area contributed by atoms with Crippen molar-refractivity contribution in [3.63, 3.8) is 0 Å². The molecule has 3 N–H and O–H groups in total. The summed E-state index contributed by atoms with van der Waals surface area (Å²) in [6.07, 6.45) is 0. The number of hydrogen-bond donors (Lipinski definition) is 2. The number of pyridine rings is 1. The Morgan fingerprint density at radius 2 is 2.19 bits per heavy atom. The Morgan fingerprint density at radius 3 is 2.86 bits per heavy atom. The number of ether oxygens (including phenoxy) is 1. The molecule has 0 aliphatic heterocycles. The Balaban J connectivity index is 2.21. The maximum absolute atomic E-state index is 13.9. The molecule has 0 saturated carbocycles. The van der Waals surface area contributed by atoms with Crippen LogP contribution in [0.25, 0.3) is 0 Å². The van der Waals surface area contributed by atoms with Crippen LogP contribution in [0.15, 0.2) is 30.3 Å². The van der Waals surface area contributed by atoms with Gasteiger partial charge < -0.3 is 15.8 Å². The average Bonchev–Trinajstić information content (AvgIpc) is 2.45. The van der Waals surface area contributed by atoms with Crippen LogP contribution >= 0.6 is 0 Å². The van der Waals surface area contributed by atoms with Crippen LogP contribution in [0.5, 0.6) is 0 Å². The van der Waals surface area contributed by atoms with Gasteiger partial charge in [-0.25, -0.2) is 9.18 Å². The number of methoxy groups -OCH3 is 1. The molecule has 0 spiro atoms. The van der Waals surface area contributed by atoms with Crippen LogP contribution in [0.1, 0.15) is 21.7 Å². The average molecular weight is 289 g/mol. The number of benzene rings is 1. The largest absolute Gasteiger partial charge is 0.465 e. The first-order valence-corrected chi connectivity index (χ1v) is 6.35. The number of esters is 1. The SMILES string of the molecule is COC(=O)c1cc(NCc2cccc(C)n2)c(F)cc1N. The molecule has 0 bridgehead atoms. The molecule has 2 aromatic rings. The van der Waals surface area contributed by atoms with E-state index in [-0.39, 0.29) is 16.9 Å². The maximum Gasteiger partial charge on any atom is 0.340 e. The van der Waals surface area contributed by atoms with E-state index >= 15 is 0 Å². The van der Waals surface area contributed by atoms with E-state index in [0.717, 1.165) is 17.5 Å². The van der Waals surface area contributed by atoms with Gasteiger partial charge in [0.05, 0.1) is 30.6 Å². The van der Waals surface area contributed by atoms with Gasteiger partial charge in [-0.05, 0) is 31.2 Å². The predicted molar refractivity (Wildman–Crippen MR) is 78.5 cm³/mol. The smallest absolute Gasteiger partial charge is 0.340 e. The lowest BCUT2D eigenvalue weighted by Gasteiger charge is -2.11. The second-order valence-corrected chi connectivity index (χ2v) is 4.53. The molecule has 6 heteroatoms. The number of nitrogen functional groups attached to an aromatic ring is 1. The number of halogens is 1. The number of carbonyl (C=O) groups is 1. The molecule has 1 aromatic heterocycles. The number of nitrogens with one attached hydrogen (secondary N) is 1. The van der Waals surface area contributed by atoms with Crippen LogP contribution in [-0.2, 0) is 11.3 Å². The first-order chi connectivity index (χ1) is 10.0. The summed E-state index contributed by atoms with van der Waals surface area (Å²) in [7, 11) is 1.24. The van der Waals surface area contributed by atoms with Crippen LogP contribution in [-0.4, -0.2) is 18.1 Å². The lowest BCUT2D eigenvalue weighted by atomic mass is 10.1. The number of aromatic nitrogens is 1. The van der Waals surface area contributed by atoms with Crippen molar-refractivity contribution >= 4 is 17.3 Å². The zero-order chi connectivity index (χ0) is 15.4. The minimum atomic E-state index is -0.607. The Morgan fingerprint density at radius 1 is 1.43 bits per heavy atom. The summed E-state index contributed by atoms with van der Waals surface area (Å²) in [5.41, 5.74) is 7.60. The van der Waals surface area contributed by atoms with Crippen molar-refractivity contribution in [1.82, 2.24) is 4.98 Å². The fourth-order valence-corrected chi connectivity index (χ4v) is 1.89. The van der Waals surface area contributed by atoms with Gasteiger partial charge >= 0.3 is 5.97 Å². The van der Waals surface area contributed by atoms with E-state index in [2.05, 4.69) is 15.0 Å². The number of aryl methyl sites for hydroxylation is 1. The number of hydrogen-bond acceptors (Lipinski definition) is 5. The Hall–Kier alpha value is -2.63. The number of nitrogens with zero attached hydrogens (tertiary/aromatic N) is 1. The Kier molecular flexibility index (Phi) is 4.37. The summed E-state index contributed by atoms with van der Waals surface area (Å²) in [5.74, 6) is -1.14. The van der Waals surface area contributed by atoms with Crippen molar-refractivity contribution in [2.24, 2.45) is 0 Å². The first kappa shape index (κ1) is 14.8. The van der Waals surface area contributed by atoms with Gasteiger partial charge in [0, 0.05) is 11.4 Å². The van der Waals surface area contributed by atoms with E-state index in [1.54, 1.807) is 0 Å². The number of anilines is 2. The van der Waals surface area contributed by atoms with Gasteiger partial charge in [0.1, 0.15) is 5.82 Å². The summed E-state index contributed by atoms with van der Waals surface area (Å²) in [6, 6.07) is 8.02. The minimum Gasteiger partial charge on any atom is -0.465 e. The van der Waals surface area contributed by atoms with Crippen LogP contribution < -0.4 is 11.1 Å². The zero-order valence-electron chi connectivity index (χ0n) is 11.8. The van der Waals surface area contributed by atoms with Gasteiger partial charge in [-0.15, -0.1) is 0 Å². The third kappa shape index (κ3) is 3.47. The highest BCUT2D eigenvalue weighted by molar-refractivity contribution is 5.96. The van der Waals surface area contributed by atoms with Crippen molar-refractivity contribution in [3.8, 4) is 0 Å². The predicted octanol–water partition coefficient (Wildman–Crippen LogP) is 2.51. The molecule has 0 aliphatic carbocycles. The molecule has 0 fully saturated rings. The molecule has 0 amide bonds. The molecule has 1 aromatic carbocycles. The molecule has 0 aliphatic rings. The van der Waals surface area contributed by atoms with Gasteiger partial charge in [0.15, 0.2) is 0 Å². The zero-order valence-corrected chi connectivity index (χ0v) is 11.8. The first-order valence-electron chi connectivity index (χ1n) is 6.35. The summed E-state index contributed by atoms with van der Waals surface area (Å²) < 4.78 is 18.5. The second kappa shape index (κ2) is 6.21. The summed E-state index contributed by atoms with van der Waals surface area (Å²) in [5, 5.41) is 2.90. The van der Waals surface area contributed by atoms with Gasteiger partial charge in [-0.2, -0.15) is 0 Å². The quantitative estimate of drug-likeness (QED) is 0.668. The van der Waals surface area contributed by atoms with Gasteiger partial charge in [0.25, 0.3) is 0 Å². The van der Waals surface area contributed by atoms with Crippen molar-refractivity contribution in [2.45, 2.75) is 13.5 Å². The molecule has 0 atom stereocenters. The molecule has 21 heavy (non-hydrogen) atoms. The highest BCUT2D eigenvalue weighted by Gasteiger charge is 2.14. The Bertz CT molecular complexity index is 674. The standard InChI is InChI=1S/C15H16FN3O2/c1-9-4-3-5-10(19-9)8-18-14-6-11(15(20)21-2)13(17)7-12(14)16/h3-7,18H,8,17H2,1-2H3. The number of rotatable bonds is 4. The number of nitrogens with two attached hydrogens (primary N) is 1. The van der Waals surface area contributed by atoms with Crippen LogP contribution in [0, 0.1) is 12.7 Å². The van der Waals surface area contributed by atoms with E-state index < -0.39 is 11.8 Å². The van der Waals surface area contributed by atoms with E-state index in [4.69, 9.17) is 5.73 Å². The second-order valence-electron chi connectivity index (χ2n) is 4.53. The maximum atomic E-state index is 13.9. The fraction of sp³-hybridized carbons (Fsp3) is 0.200. The molecular weight excluding hydrogens is 273 g/mol. The molecule has 0 saturated heterocycles. The highest BCUT2D eigenvalue weighted by atomic mass is 19.1. The van der Waals surface area contributed by atoms with Crippen molar-refractivity contribution in [1.29, 1.82) is 0 Å². The molecule has 5 nitrogen and oxygen atoms in total. The topological polar surface area (TPSA) is 77.2 Å². The monoisotopic (exact) mass is 289 g/mol. The van der Waals surface area contributed by atoms with Crippen LogP contribution in [0.3, 0.4) is 0 Å². The van der Waals surface area contributed by atoms with Crippen molar-refractivity contribution < 1.29 is 13.9 Å². The minimum absolute atomic E-state index is 0.0404. The fourth-order valence-electron chi connectivity index (χ4n) is 1.89. The van der Waals surface area contributed by atoms with E-state index in [9.17, 15) is 9.18 Å². The van der Waals surface area contributed by atoms with Crippen LogP contribution in [0.4, 0.5) is 15.8 Å². The van der Waals surface area contributed by atoms with Crippen LogP contribution in [0.2, 0.25) is 0 Å². The molecule has 0 unspecified atom stereocenters. The Labute approximate surface area is 121 Å². The normalized spacial score (nSPS) is 10.2. The summed E-state index contributed by atoms with van der Waals surface area (Å²) in [4.78, 5) is 15.9. The third-order valence-electron chi connectivity index (χ3n) is 2.95.